The third-order valence-corrected chi connectivity index (χ3v) is 3.73. The van der Waals surface area contributed by atoms with Gasteiger partial charge in [0.25, 0.3) is 0 Å². The molecular weight excluding hydrogens is 242 g/mol. The first-order valence-corrected chi connectivity index (χ1v) is 6.16. The fourth-order valence-electron chi connectivity index (χ4n) is 1.79. The average molecular weight is 253 g/mol. The number of nitrogens with two attached hydrogens (primary N) is 1. The lowest BCUT2D eigenvalue weighted by atomic mass is 10.2. The largest absolute Gasteiger partial charge is 0.393 e. The van der Waals surface area contributed by atoms with Gasteiger partial charge in [-0.2, -0.15) is 9.61 Å². The summed E-state index contributed by atoms with van der Waals surface area (Å²) in [6.45, 7) is 0.0114. The molecule has 1 aliphatic heterocycles. The van der Waals surface area contributed by atoms with Gasteiger partial charge in [0.1, 0.15) is 11.8 Å². The SMILES string of the molecule is Nc1ncnc2c(C3CSC(CO)O3)cnn12. The van der Waals surface area contributed by atoms with Gasteiger partial charge in [-0.05, 0) is 0 Å². The van der Waals surface area contributed by atoms with Crippen LogP contribution in [0.25, 0.3) is 5.65 Å². The number of aromatic nitrogens is 4. The van der Waals surface area contributed by atoms with Crippen molar-refractivity contribution in [2.45, 2.75) is 11.5 Å². The molecule has 3 N–H and O–H groups in total. The molecule has 17 heavy (non-hydrogen) atoms. The summed E-state index contributed by atoms with van der Waals surface area (Å²) in [5.41, 5.74) is 7.04. The topological polar surface area (TPSA) is 98.6 Å². The van der Waals surface area contributed by atoms with E-state index in [9.17, 15) is 0 Å². The van der Waals surface area contributed by atoms with Gasteiger partial charge in [-0.3, -0.25) is 0 Å². The number of nitrogen functional groups attached to an aromatic ring is 1. The number of rotatable bonds is 2. The summed E-state index contributed by atoms with van der Waals surface area (Å²) < 4.78 is 7.14. The molecule has 0 aliphatic carbocycles. The first-order chi connectivity index (χ1) is 8.29. The van der Waals surface area contributed by atoms with E-state index in [1.165, 1.54) is 10.8 Å². The lowest BCUT2D eigenvalue weighted by Crippen LogP contribution is -2.09. The maximum Gasteiger partial charge on any atom is 0.224 e. The first-order valence-electron chi connectivity index (χ1n) is 5.11. The van der Waals surface area contributed by atoms with Crippen LogP contribution in [0.15, 0.2) is 12.5 Å². The zero-order chi connectivity index (χ0) is 11.8. The monoisotopic (exact) mass is 253 g/mol. The number of hydrogen-bond donors (Lipinski definition) is 2. The lowest BCUT2D eigenvalue weighted by molar-refractivity contribution is 0.0350. The smallest absolute Gasteiger partial charge is 0.224 e. The number of aliphatic hydroxyl groups is 1. The molecule has 8 heteroatoms. The first kappa shape index (κ1) is 10.8. The molecule has 0 amide bonds. The van der Waals surface area contributed by atoms with Crippen molar-refractivity contribution in [1.82, 2.24) is 19.6 Å². The van der Waals surface area contributed by atoms with E-state index in [2.05, 4.69) is 15.1 Å². The molecule has 0 saturated carbocycles. The summed E-state index contributed by atoms with van der Waals surface area (Å²) in [6.07, 6.45) is 2.98. The van der Waals surface area contributed by atoms with Crippen LogP contribution in [-0.2, 0) is 4.74 Å². The molecule has 3 rings (SSSR count). The zero-order valence-corrected chi connectivity index (χ0v) is 9.67. The van der Waals surface area contributed by atoms with Gasteiger partial charge in [-0.15, -0.1) is 11.8 Å². The minimum absolute atomic E-state index is 0.0114. The van der Waals surface area contributed by atoms with Crippen molar-refractivity contribution in [3.63, 3.8) is 0 Å². The highest BCUT2D eigenvalue weighted by atomic mass is 32.2. The quantitative estimate of drug-likeness (QED) is 0.766. The maximum atomic E-state index is 9.03. The molecule has 2 aromatic heterocycles. The van der Waals surface area contributed by atoms with E-state index in [4.69, 9.17) is 15.6 Å². The molecular formula is C9H11N5O2S. The molecule has 1 saturated heterocycles. The van der Waals surface area contributed by atoms with Gasteiger partial charge in [0.05, 0.1) is 18.9 Å². The second-order valence-electron chi connectivity index (χ2n) is 3.64. The van der Waals surface area contributed by atoms with E-state index in [0.29, 0.717) is 11.6 Å². The van der Waals surface area contributed by atoms with Gasteiger partial charge in [-0.25, -0.2) is 9.97 Å². The Labute approximate surface area is 101 Å². The third-order valence-electron chi connectivity index (χ3n) is 2.60. The van der Waals surface area contributed by atoms with Gasteiger partial charge in [0.2, 0.25) is 5.95 Å². The van der Waals surface area contributed by atoms with Crippen LogP contribution in [0.2, 0.25) is 0 Å². The zero-order valence-electron chi connectivity index (χ0n) is 8.85. The van der Waals surface area contributed by atoms with E-state index in [1.54, 1.807) is 18.0 Å². The minimum Gasteiger partial charge on any atom is -0.393 e. The predicted molar refractivity (Wildman–Crippen MR) is 62.4 cm³/mol. The van der Waals surface area contributed by atoms with Gasteiger partial charge in [0, 0.05) is 11.3 Å². The Bertz CT molecular complexity index is 545. The lowest BCUT2D eigenvalue weighted by Gasteiger charge is -2.08. The normalized spacial score (nSPS) is 24.5. The van der Waals surface area contributed by atoms with E-state index in [0.717, 1.165) is 11.3 Å². The van der Waals surface area contributed by atoms with Crippen LogP contribution in [0.1, 0.15) is 11.7 Å². The number of thioether (sulfide) groups is 1. The van der Waals surface area contributed by atoms with Crippen molar-refractivity contribution < 1.29 is 9.84 Å². The molecule has 0 spiro atoms. The Hall–Kier alpha value is -1.38. The highest BCUT2D eigenvalue weighted by Gasteiger charge is 2.29. The number of anilines is 1. The highest BCUT2D eigenvalue weighted by molar-refractivity contribution is 8.00. The predicted octanol–water partition coefficient (Wildman–Crippen LogP) is -0.171. The molecule has 7 nitrogen and oxygen atoms in total. The van der Waals surface area contributed by atoms with Crippen LogP contribution >= 0.6 is 11.8 Å². The van der Waals surface area contributed by atoms with Crippen LogP contribution in [0.5, 0.6) is 0 Å². The fraction of sp³-hybridized carbons (Fsp3) is 0.444. The second-order valence-corrected chi connectivity index (χ2v) is 4.83. The molecule has 0 radical (unpaired) electrons. The Morgan fingerprint density at radius 1 is 1.59 bits per heavy atom. The number of nitrogens with zero attached hydrogens (tertiary/aromatic N) is 4. The van der Waals surface area contributed by atoms with Gasteiger partial charge in [0.15, 0.2) is 5.65 Å². The van der Waals surface area contributed by atoms with Crippen molar-refractivity contribution in [2.75, 3.05) is 18.1 Å². The average Bonchev–Trinajstić information content (AvgIpc) is 2.94. The minimum atomic E-state index is -0.172. The Morgan fingerprint density at radius 2 is 2.47 bits per heavy atom. The van der Waals surface area contributed by atoms with Crippen molar-refractivity contribution in [3.8, 4) is 0 Å². The van der Waals surface area contributed by atoms with Crippen molar-refractivity contribution in [1.29, 1.82) is 0 Å². The molecule has 1 fully saturated rings. The molecule has 3 heterocycles. The molecule has 90 valence electrons. The second kappa shape index (κ2) is 4.13. The summed E-state index contributed by atoms with van der Waals surface area (Å²) >= 11 is 1.58. The van der Waals surface area contributed by atoms with Crippen LogP contribution in [-0.4, -0.2) is 42.5 Å². The number of hydrogen-bond acceptors (Lipinski definition) is 7. The van der Waals surface area contributed by atoms with Crippen LogP contribution in [0.4, 0.5) is 5.95 Å². The standard InChI is InChI=1S/C9H11N5O2S/c10-9-12-4-11-8-5(1-13-14(8)9)6-3-17-7(2-15)16-6/h1,4,6-7,15H,2-3H2,(H2,10,11,12). The van der Waals surface area contributed by atoms with Gasteiger partial charge < -0.3 is 15.6 Å². The molecule has 2 unspecified atom stereocenters. The van der Waals surface area contributed by atoms with E-state index in [-0.39, 0.29) is 18.1 Å². The number of ether oxygens (including phenoxy) is 1. The third kappa shape index (κ3) is 1.74. The number of fused-ring (bicyclic) bond motifs is 1. The van der Waals surface area contributed by atoms with Crippen LogP contribution < -0.4 is 5.73 Å². The van der Waals surface area contributed by atoms with Crippen LogP contribution in [0, 0.1) is 0 Å². The summed E-state index contributed by atoms with van der Waals surface area (Å²) in [5, 5.41) is 13.2. The van der Waals surface area contributed by atoms with Crippen molar-refractivity contribution in [3.05, 3.63) is 18.1 Å². The highest BCUT2D eigenvalue weighted by Crippen LogP contribution is 2.36. The molecule has 2 aromatic rings. The van der Waals surface area contributed by atoms with E-state index in [1.807, 2.05) is 0 Å². The molecule has 1 aliphatic rings. The Kier molecular flexibility index (Phi) is 2.61. The Morgan fingerprint density at radius 3 is 3.24 bits per heavy atom. The number of aliphatic hydroxyl groups excluding tert-OH is 1. The summed E-state index contributed by atoms with van der Waals surface area (Å²) in [6, 6.07) is 0. The summed E-state index contributed by atoms with van der Waals surface area (Å²) in [7, 11) is 0. The van der Waals surface area contributed by atoms with E-state index >= 15 is 0 Å². The molecule has 0 bridgehead atoms. The Balaban J connectivity index is 1.99. The maximum absolute atomic E-state index is 9.03. The molecule has 2 atom stereocenters. The van der Waals surface area contributed by atoms with Crippen molar-refractivity contribution >= 4 is 23.4 Å². The summed E-state index contributed by atoms with van der Waals surface area (Å²) in [4.78, 5) is 8.01. The molecule has 0 aromatic carbocycles. The van der Waals surface area contributed by atoms with Gasteiger partial charge in [-0.1, -0.05) is 0 Å². The summed E-state index contributed by atoms with van der Waals surface area (Å²) in [5.74, 6) is 1.07. The van der Waals surface area contributed by atoms with Crippen LogP contribution in [0.3, 0.4) is 0 Å². The fourth-order valence-corrected chi connectivity index (χ4v) is 2.76. The van der Waals surface area contributed by atoms with Gasteiger partial charge >= 0.3 is 0 Å². The van der Waals surface area contributed by atoms with E-state index < -0.39 is 0 Å². The van der Waals surface area contributed by atoms with Crippen molar-refractivity contribution in [2.24, 2.45) is 0 Å².